The Morgan fingerprint density at radius 2 is 0.971 bits per heavy atom. The molecule has 10 aromatic carbocycles. The predicted molar refractivity (Wildman–Crippen MR) is 284 cm³/mol. The Hall–Kier alpha value is -8.05. The van der Waals surface area contributed by atoms with E-state index < -0.39 is 5.41 Å². The fourth-order valence-electron chi connectivity index (χ4n) is 12.1. The van der Waals surface area contributed by atoms with Gasteiger partial charge in [-0.05, 0) is 129 Å². The van der Waals surface area contributed by atoms with Crippen LogP contribution in [-0.4, -0.2) is 4.57 Å². The summed E-state index contributed by atoms with van der Waals surface area (Å²) in [6.45, 7) is 4.72. The van der Waals surface area contributed by atoms with Gasteiger partial charge in [0.15, 0.2) is 0 Å². The number of para-hydroxylation sites is 5. The van der Waals surface area contributed by atoms with E-state index in [1.807, 2.05) is 11.8 Å². The number of hydrogen-bond acceptors (Lipinski definition) is 3. The SMILES string of the molecule is CC1(C)c2ccccc2-c2ccc(N(c3ccccc3)c3ccc(-n4c5ccccc5c5ccc6c(c54)Sc4ccccc4C64c5ccccc5N(c5ccccc5)c5ccccc54)cc3)cc21. The Labute approximate surface area is 401 Å². The van der Waals surface area contributed by atoms with Crippen molar-refractivity contribution in [1.82, 2.24) is 4.57 Å². The number of nitrogens with zero attached hydrogens (tertiary/aromatic N) is 3. The van der Waals surface area contributed by atoms with E-state index in [0.29, 0.717) is 0 Å². The molecular weight excluding hydrogens is 843 g/mol. The summed E-state index contributed by atoms with van der Waals surface area (Å²) in [7, 11) is 0. The van der Waals surface area contributed by atoms with E-state index in [1.54, 1.807) is 0 Å². The van der Waals surface area contributed by atoms with E-state index in [9.17, 15) is 0 Å². The molecule has 3 heterocycles. The van der Waals surface area contributed by atoms with Crippen LogP contribution < -0.4 is 9.80 Å². The minimum Gasteiger partial charge on any atom is -0.310 e. The van der Waals surface area contributed by atoms with Gasteiger partial charge in [-0.1, -0.05) is 177 Å². The van der Waals surface area contributed by atoms with E-state index >= 15 is 0 Å². The van der Waals surface area contributed by atoms with Crippen molar-refractivity contribution in [3.05, 3.63) is 270 Å². The number of fused-ring (bicyclic) bond motifs is 15. The zero-order valence-electron chi connectivity index (χ0n) is 37.8. The number of rotatable bonds is 5. The van der Waals surface area contributed by atoms with Crippen LogP contribution in [0.25, 0.3) is 38.6 Å². The highest BCUT2D eigenvalue weighted by Gasteiger charge is 2.51. The summed E-state index contributed by atoms with van der Waals surface area (Å²) in [5.41, 5.74) is 20.4. The molecule has 0 amide bonds. The van der Waals surface area contributed by atoms with Crippen molar-refractivity contribution >= 4 is 67.7 Å². The summed E-state index contributed by atoms with van der Waals surface area (Å²) in [5, 5.41) is 2.50. The molecule has 68 heavy (non-hydrogen) atoms. The van der Waals surface area contributed by atoms with Gasteiger partial charge in [-0.2, -0.15) is 0 Å². The monoisotopic (exact) mass is 887 g/mol. The van der Waals surface area contributed by atoms with Gasteiger partial charge in [0.05, 0.1) is 27.8 Å². The van der Waals surface area contributed by atoms with E-state index in [0.717, 1.165) is 28.4 Å². The first kappa shape index (κ1) is 39.1. The van der Waals surface area contributed by atoms with Crippen molar-refractivity contribution in [3.63, 3.8) is 0 Å². The smallest absolute Gasteiger partial charge is 0.0764 e. The molecule has 0 radical (unpaired) electrons. The maximum Gasteiger partial charge on any atom is 0.0764 e. The predicted octanol–water partition coefficient (Wildman–Crippen LogP) is 17.2. The average molecular weight is 888 g/mol. The van der Waals surface area contributed by atoms with Gasteiger partial charge >= 0.3 is 0 Å². The minimum absolute atomic E-state index is 0.107. The van der Waals surface area contributed by atoms with Crippen LogP contribution in [0.15, 0.2) is 246 Å². The summed E-state index contributed by atoms with van der Waals surface area (Å²) < 4.78 is 2.53. The van der Waals surface area contributed by atoms with Gasteiger partial charge in [-0.15, -0.1) is 0 Å². The highest BCUT2D eigenvalue weighted by molar-refractivity contribution is 7.99. The molecular formula is C64H45N3S. The van der Waals surface area contributed by atoms with Crippen LogP contribution in [0.5, 0.6) is 0 Å². The third-order valence-corrected chi connectivity index (χ3v) is 16.2. The first-order valence-electron chi connectivity index (χ1n) is 23.6. The Morgan fingerprint density at radius 3 is 1.72 bits per heavy atom. The maximum absolute atomic E-state index is 2.53. The standard InChI is InChI=1S/C64H45N3S/c1-63(2)51-25-11-9-23-47(51)48-38-37-46(41-56(48)63)65(42-19-5-3-6-20-42)44-33-35-45(36-34-44)67-57-29-15-10-24-49(57)50-39-40-55-62(61(50)67)68-60-32-18-14-28-54(60)64(55)52-26-12-16-30-58(52)66(43-21-7-4-8-22-43)59-31-17-13-27-53(59)64/h3-41H,1-2H3. The van der Waals surface area contributed by atoms with Crippen molar-refractivity contribution in [2.24, 2.45) is 0 Å². The van der Waals surface area contributed by atoms with Crippen LogP contribution in [0.4, 0.5) is 34.1 Å². The van der Waals surface area contributed by atoms with Gasteiger partial charge in [0.1, 0.15) is 0 Å². The lowest BCUT2D eigenvalue weighted by molar-refractivity contribution is 0.660. The summed E-state index contributed by atoms with van der Waals surface area (Å²) in [6, 6.07) is 87.9. The van der Waals surface area contributed by atoms with Gasteiger partial charge in [-0.25, -0.2) is 0 Å². The van der Waals surface area contributed by atoms with Crippen LogP contribution in [0.1, 0.15) is 47.2 Å². The Morgan fingerprint density at radius 1 is 0.397 bits per heavy atom. The van der Waals surface area contributed by atoms with Gasteiger partial charge < -0.3 is 14.4 Å². The zero-order valence-corrected chi connectivity index (χ0v) is 38.6. The van der Waals surface area contributed by atoms with Crippen molar-refractivity contribution in [3.8, 4) is 16.8 Å². The fourth-order valence-corrected chi connectivity index (χ4v) is 13.4. The average Bonchev–Trinajstić information content (AvgIpc) is 3.85. The van der Waals surface area contributed by atoms with Crippen LogP contribution in [0, 0.1) is 0 Å². The van der Waals surface area contributed by atoms with E-state index in [2.05, 4.69) is 265 Å². The second kappa shape index (κ2) is 14.7. The topological polar surface area (TPSA) is 11.4 Å². The lowest BCUT2D eigenvalue weighted by Gasteiger charge is -2.49. The first-order valence-corrected chi connectivity index (χ1v) is 24.4. The zero-order chi connectivity index (χ0) is 45.1. The number of aromatic nitrogens is 1. The molecule has 0 unspecified atom stereocenters. The summed E-state index contributed by atoms with van der Waals surface area (Å²) in [4.78, 5) is 7.42. The molecule has 4 heteroatoms. The van der Waals surface area contributed by atoms with Crippen molar-refractivity contribution in [1.29, 1.82) is 0 Å². The molecule has 0 saturated heterocycles. The third kappa shape index (κ3) is 5.38. The second-order valence-electron chi connectivity index (χ2n) is 18.8. The molecule has 0 saturated carbocycles. The summed E-state index contributed by atoms with van der Waals surface area (Å²) in [5.74, 6) is 0. The highest BCUT2D eigenvalue weighted by atomic mass is 32.2. The lowest BCUT2D eigenvalue weighted by atomic mass is 9.62. The minimum atomic E-state index is -0.586. The van der Waals surface area contributed by atoms with Gasteiger partial charge in [0.2, 0.25) is 0 Å². The van der Waals surface area contributed by atoms with Crippen LogP contribution in [0.2, 0.25) is 0 Å². The lowest BCUT2D eigenvalue weighted by Crippen LogP contribution is -2.39. The molecule has 0 bridgehead atoms. The van der Waals surface area contributed by atoms with Crippen molar-refractivity contribution in [2.45, 2.75) is 34.5 Å². The molecule has 0 N–H and O–H groups in total. The normalized spacial score (nSPS) is 14.5. The van der Waals surface area contributed by atoms with Gasteiger partial charge in [-0.3, -0.25) is 0 Å². The molecule has 11 aromatic rings. The molecule has 0 fully saturated rings. The van der Waals surface area contributed by atoms with Crippen LogP contribution >= 0.6 is 11.8 Å². The fraction of sp³-hybridized carbons (Fsp3) is 0.0625. The van der Waals surface area contributed by atoms with E-state index in [4.69, 9.17) is 0 Å². The molecule has 3 aliphatic rings. The molecule has 2 aliphatic heterocycles. The van der Waals surface area contributed by atoms with E-state index in [-0.39, 0.29) is 5.41 Å². The third-order valence-electron chi connectivity index (χ3n) is 15.0. The molecule has 1 aromatic heterocycles. The largest absolute Gasteiger partial charge is 0.310 e. The first-order chi connectivity index (χ1) is 33.5. The number of anilines is 6. The van der Waals surface area contributed by atoms with Crippen LogP contribution in [0.3, 0.4) is 0 Å². The Kier molecular flexibility index (Phi) is 8.48. The molecule has 1 aliphatic carbocycles. The number of benzene rings is 10. The van der Waals surface area contributed by atoms with Gasteiger partial charge in [0, 0.05) is 54.4 Å². The molecule has 3 nitrogen and oxygen atoms in total. The van der Waals surface area contributed by atoms with Crippen molar-refractivity contribution < 1.29 is 0 Å². The van der Waals surface area contributed by atoms with Crippen LogP contribution in [-0.2, 0) is 10.8 Å². The Bertz CT molecular complexity index is 3760. The summed E-state index contributed by atoms with van der Waals surface area (Å²) in [6.07, 6.45) is 0. The van der Waals surface area contributed by atoms with Gasteiger partial charge in [0.25, 0.3) is 0 Å². The highest BCUT2D eigenvalue weighted by Crippen LogP contribution is 2.64. The van der Waals surface area contributed by atoms with Crippen molar-refractivity contribution in [2.75, 3.05) is 9.80 Å². The molecule has 0 atom stereocenters. The second-order valence-corrected chi connectivity index (χ2v) is 19.9. The number of hydrogen-bond donors (Lipinski definition) is 0. The molecule has 322 valence electrons. The molecule has 14 rings (SSSR count). The maximum atomic E-state index is 2.53. The summed E-state index contributed by atoms with van der Waals surface area (Å²) >= 11 is 1.92. The van der Waals surface area contributed by atoms with E-state index in [1.165, 1.54) is 87.5 Å². The Balaban J connectivity index is 0.985. The molecule has 1 spiro atoms. The quantitative estimate of drug-likeness (QED) is 0.171.